The van der Waals surface area contributed by atoms with Gasteiger partial charge in [-0.15, -0.1) is 0 Å². The van der Waals surface area contributed by atoms with Gasteiger partial charge in [-0.3, -0.25) is 4.79 Å². The highest BCUT2D eigenvalue weighted by Crippen LogP contribution is 2.32. The second-order valence-corrected chi connectivity index (χ2v) is 5.70. The molecule has 0 aliphatic carbocycles. The molecule has 1 amide bonds. The molecule has 1 aliphatic rings. The van der Waals surface area contributed by atoms with Crippen molar-refractivity contribution in [1.82, 2.24) is 5.32 Å². The van der Waals surface area contributed by atoms with Crippen LogP contribution in [-0.4, -0.2) is 18.7 Å². The van der Waals surface area contributed by atoms with Crippen molar-refractivity contribution >= 4 is 12.0 Å². The molecular formula is C20H25NO3. The summed E-state index contributed by atoms with van der Waals surface area (Å²) in [4.78, 5) is 11.5. The van der Waals surface area contributed by atoms with Crippen LogP contribution in [0.4, 0.5) is 0 Å². The fourth-order valence-electron chi connectivity index (χ4n) is 2.14. The van der Waals surface area contributed by atoms with Crippen LogP contribution in [0.25, 0.3) is 6.08 Å². The number of carbonyl (C=O) groups is 1. The van der Waals surface area contributed by atoms with Gasteiger partial charge in [0, 0.05) is 12.1 Å². The number of ether oxygens (including phenoxy) is 2. The lowest BCUT2D eigenvalue weighted by atomic mass is 10.1. The number of hydrogen-bond acceptors (Lipinski definition) is 3. The lowest BCUT2D eigenvalue weighted by Crippen LogP contribution is -2.30. The molecular weight excluding hydrogens is 302 g/mol. The summed E-state index contributed by atoms with van der Waals surface area (Å²) >= 11 is 0. The molecule has 0 radical (unpaired) electrons. The Kier molecular flexibility index (Phi) is 7.15. The van der Waals surface area contributed by atoms with E-state index in [4.69, 9.17) is 9.47 Å². The van der Waals surface area contributed by atoms with E-state index in [2.05, 4.69) is 23.5 Å². The van der Waals surface area contributed by atoms with Gasteiger partial charge in [0.1, 0.15) is 0 Å². The molecule has 4 nitrogen and oxygen atoms in total. The highest BCUT2D eigenvalue weighted by Gasteiger charge is 2.11. The van der Waals surface area contributed by atoms with Crippen LogP contribution in [0.2, 0.25) is 0 Å². The average molecular weight is 327 g/mol. The van der Waals surface area contributed by atoms with E-state index in [0.29, 0.717) is 6.79 Å². The van der Waals surface area contributed by atoms with Gasteiger partial charge in [0.05, 0.1) is 0 Å². The van der Waals surface area contributed by atoms with E-state index in [0.717, 1.165) is 36.3 Å². The molecule has 1 atom stereocenters. The largest absolute Gasteiger partial charge is 0.454 e. The smallest absolute Gasteiger partial charge is 0.244 e. The zero-order valence-corrected chi connectivity index (χ0v) is 14.3. The third kappa shape index (κ3) is 5.95. The van der Waals surface area contributed by atoms with E-state index in [-0.39, 0.29) is 11.9 Å². The first-order valence-electron chi connectivity index (χ1n) is 8.39. The Balaban J connectivity index is 1.66. The van der Waals surface area contributed by atoms with E-state index in [1.54, 1.807) is 12.2 Å². The van der Waals surface area contributed by atoms with Gasteiger partial charge < -0.3 is 14.8 Å². The van der Waals surface area contributed by atoms with Gasteiger partial charge in [0.25, 0.3) is 0 Å². The Bertz CT molecular complexity index is 632. The number of unbranched alkanes of at least 4 members (excludes halogenated alkanes) is 1. The SMILES string of the molecule is CC[C@@H](C)NC(=O)/C=C/C=C/CC/C=C/c1ccc2c(c1)OCO2. The van der Waals surface area contributed by atoms with Crippen LogP contribution in [0.1, 0.15) is 38.7 Å². The molecule has 0 unspecified atom stereocenters. The van der Waals surface area contributed by atoms with E-state index in [1.165, 1.54) is 0 Å². The van der Waals surface area contributed by atoms with Crippen molar-refractivity contribution < 1.29 is 14.3 Å². The molecule has 0 spiro atoms. The number of hydrogen-bond donors (Lipinski definition) is 1. The van der Waals surface area contributed by atoms with Gasteiger partial charge in [-0.1, -0.05) is 43.4 Å². The molecule has 0 saturated carbocycles. The first kappa shape index (κ1) is 17.9. The highest BCUT2D eigenvalue weighted by molar-refractivity contribution is 5.87. The molecule has 1 heterocycles. The fraction of sp³-hybridized carbons (Fsp3) is 0.350. The predicted octanol–water partition coefficient (Wildman–Crippen LogP) is 4.24. The van der Waals surface area contributed by atoms with Gasteiger partial charge >= 0.3 is 0 Å². The number of carbonyl (C=O) groups excluding carboxylic acids is 1. The number of fused-ring (bicyclic) bond motifs is 1. The lowest BCUT2D eigenvalue weighted by molar-refractivity contribution is -0.117. The monoisotopic (exact) mass is 327 g/mol. The molecule has 0 saturated heterocycles. The molecule has 1 aromatic carbocycles. The molecule has 4 heteroatoms. The van der Waals surface area contributed by atoms with Crippen LogP contribution in [0.15, 0.2) is 48.6 Å². The molecule has 128 valence electrons. The summed E-state index contributed by atoms with van der Waals surface area (Å²) in [6.07, 6.45) is 14.3. The van der Waals surface area contributed by atoms with Gasteiger partial charge in [0.2, 0.25) is 12.7 Å². The maximum absolute atomic E-state index is 11.5. The Labute approximate surface area is 143 Å². The molecule has 1 aromatic rings. The molecule has 2 rings (SSSR count). The highest BCUT2D eigenvalue weighted by atomic mass is 16.7. The summed E-state index contributed by atoms with van der Waals surface area (Å²) in [5.74, 6) is 1.56. The molecule has 0 bridgehead atoms. The predicted molar refractivity (Wildman–Crippen MR) is 97.0 cm³/mol. The van der Waals surface area contributed by atoms with Crippen molar-refractivity contribution in [2.75, 3.05) is 6.79 Å². The number of amides is 1. The van der Waals surface area contributed by atoms with Crippen molar-refractivity contribution in [3.63, 3.8) is 0 Å². The summed E-state index contributed by atoms with van der Waals surface area (Å²) in [5.41, 5.74) is 1.10. The summed E-state index contributed by atoms with van der Waals surface area (Å²) in [7, 11) is 0. The number of benzene rings is 1. The Hall–Kier alpha value is -2.49. The maximum Gasteiger partial charge on any atom is 0.244 e. The zero-order chi connectivity index (χ0) is 17.2. The van der Waals surface area contributed by atoms with E-state index in [1.807, 2.05) is 38.1 Å². The van der Waals surface area contributed by atoms with Crippen molar-refractivity contribution in [3.8, 4) is 11.5 Å². The van der Waals surface area contributed by atoms with Crippen LogP contribution >= 0.6 is 0 Å². The Morgan fingerprint density at radius 3 is 2.83 bits per heavy atom. The number of nitrogens with one attached hydrogen (secondary N) is 1. The molecule has 1 N–H and O–H groups in total. The van der Waals surface area contributed by atoms with Crippen molar-refractivity contribution in [3.05, 3.63) is 54.1 Å². The summed E-state index contributed by atoms with van der Waals surface area (Å²) in [6, 6.07) is 6.13. The third-order valence-electron chi connectivity index (χ3n) is 3.70. The van der Waals surface area contributed by atoms with Gasteiger partial charge in [-0.05, 0) is 43.9 Å². The fourth-order valence-corrected chi connectivity index (χ4v) is 2.14. The van der Waals surface area contributed by atoms with Crippen molar-refractivity contribution in [2.24, 2.45) is 0 Å². The summed E-state index contributed by atoms with van der Waals surface area (Å²) < 4.78 is 10.6. The van der Waals surface area contributed by atoms with Gasteiger partial charge in [-0.25, -0.2) is 0 Å². The molecule has 0 aromatic heterocycles. The van der Waals surface area contributed by atoms with Gasteiger partial charge in [-0.2, -0.15) is 0 Å². The quantitative estimate of drug-likeness (QED) is 0.441. The van der Waals surface area contributed by atoms with E-state index in [9.17, 15) is 4.79 Å². The molecule has 1 aliphatic heterocycles. The van der Waals surface area contributed by atoms with Crippen LogP contribution in [0.3, 0.4) is 0 Å². The Morgan fingerprint density at radius 1 is 1.21 bits per heavy atom. The average Bonchev–Trinajstić information content (AvgIpc) is 3.04. The lowest BCUT2D eigenvalue weighted by Gasteiger charge is -2.07. The Morgan fingerprint density at radius 2 is 2.00 bits per heavy atom. The van der Waals surface area contributed by atoms with Gasteiger partial charge in [0.15, 0.2) is 11.5 Å². The van der Waals surface area contributed by atoms with E-state index < -0.39 is 0 Å². The topological polar surface area (TPSA) is 47.6 Å². The maximum atomic E-state index is 11.5. The minimum absolute atomic E-state index is 0.0447. The van der Waals surface area contributed by atoms with Crippen LogP contribution in [-0.2, 0) is 4.79 Å². The third-order valence-corrected chi connectivity index (χ3v) is 3.70. The first-order chi connectivity index (χ1) is 11.7. The van der Waals surface area contributed by atoms with E-state index >= 15 is 0 Å². The number of rotatable bonds is 8. The minimum Gasteiger partial charge on any atom is -0.454 e. The molecule has 0 fully saturated rings. The first-order valence-corrected chi connectivity index (χ1v) is 8.39. The minimum atomic E-state index is -0.0447. The standard InChI is InChI=1S/C20H25NO3/c1-3-16(2)21-20(22)11-9-7-5-4-6-8-10-17-12-13-18-19(14-17)24-15-23-18/h5,7-14,16H,3-4,6,15H2,1-2H3,(H,21,22)/b7-5+,10-8+,11-9+/t16-/m1/s1. The summed E-state index contributed by atoms with van der Waals surface area (Å²) in [5, 5.41) is 2.89. The normalized spacial score (nSPS) is 14.8. The van der Waals surface area contributed by atoms with Crippen molar-refractivity contribution in [1.29, 1.82) is 0 Å². The zero-order valence-electron chi connectivity index (χ0n) is 14.3. The second kappa shape index (κ2) is 9.60. The van der Waals surface area contributed by atoms with Crippen molar-refractivity contribution in [2.45, 2.75) is 39.2 Å². The van der Waals surface area contributed by atoms with Crippen LogP contribution in [0.5, 0.6) is 11.5 Å². The second-order valence-electron chi connectivity index (χ2n) is 5.70. The number of allylic oxidation sites excluding steroid dienone is 4. The summed E-state index contributed by atoms with van der Waals surface area (Å²) in [6.45, 7) is 4.34. The van der Waals surface area contributed by atoms with Crippen LogP contribution < -0.4 is 14.8 Å². The van der Waals surface area contributed by atoms with Crippen LogP contribution in [0, 0.1) is 0 Å². The molecule has 24 heavy (non-hydrogen) atoms.